The second kappa shape index (κ2) is 50.6. The highest BCUT2D eigenvalue weighted by atomic mass is 16.8. The van der Waals surface area contributed by atoms with Crippen molar-refractivity contribution < 1.29 is 89.4 Å². The third kappa shape index (κ3) is 32.9. The fraction of sp³-hybridized carbons (Fsp3) is 0.897. The summed E-state index contributed by atoms with van der Waals surface area (Å²) in [4.78, 5) is 13.4. The van der Waals surface area contributed by atoms with Crippen LogP contribution in [0, 0.1) is 0 Å². The van der Waals surface area contributed by atoms with E-state index in [1.807, 2.05) is 6.08 Å². The minimum atomic E-state index is -1.98. The summed E-state index contributed by atoms with van der Waals surface area (Å²) in [5.74, 6) is -0.286. The van der Waals surface area contributed by atoms with Crippen LogP contribution in [0.2, 0.25) is 0 Å². The Hall–Kier alpha value is -1.99. The van der Waals surface area contributed by atoms with Gasteiger partial charge in [0.25, 0.3) is 0 Å². The molecule has 0 aromatic rings. The molecule has 19 nitrogen and oxygen atoms in total. The van der Waals surface area contributed by atoms with Gasteiger partial charge in [-0.2, -0.15) is 0 Å². The zero-order valence-electron chi connectivity index (χ0n) is 53.8. The molecule has 3 fully saturated rings. The first-order valence-electron chi connectivity index (χ1n) is 34.7. The fourth-order valence-electron chi connectivity index (χ4n) is 11.8. The highest BCUT2D eigenvalue weighted by molar-refractivity contribution is 5.76. The molecule has 510 valence electrons. The molecule has 1 amide bonds. The maximum absolute atomic E-state index is 13.4. The van der Waals surface area contributed by atoms with E-state index in [9.17, 15) is 61.0 Å². The van der Waals surface area contributed by atoms with Gasteiger partial charge in [-0.25, -0.2) is 0 Å². The second-order valence-electron chi connectivity index (χ2n) is 25.0. The van der Waals surface area contributed by atoms with Gasteiger partial charge in [-0.1, -0.05) is 243 Å². The van der Waals surface area contributed by atoms with Gasteiger partial charge in [-0.3, -0.25) is 4.79 Å². The summed E-state index contributed by atoms with van der Waals surface area (Å²) in [5.41, 5.74) is 0. The molecule has 3 saturated heterocycles. The van der Waals surface area contributed by atoms with Crippen LogP contribution in [-0.4, -0.2) is 193 Å². The van der Waals surface area contributed by atoms with E-state index < -0.39 is 124 Å². The Morgan fingerprint density at radius 2 is 0.736 bits per heavy atom. The maximum atomic E-state index is 13.4. The predicted molar refractivity (Wildman–Crippen MR) is 337 cm³/mol. The van der Waals surface area contributed by atoms with Gasteiger partial charge >= 0.3 is 0 Å². The maximum Gasteiger partial charge on any atom is 0.220 e. The van der Waals surface area contributed by atoms with Crippen LogP contribution < -0.4 is 5.32 Å². The third-order valence-electron chi connectivity index (χ3n) is 17.4. The largest absolute Gasteiger partial charge is 0.394 e. The number of hydrogen-bond donors (Lipinski definition) is 12. The van der Waals surface area contributed by atoms with E-state index in [0.717, 1.165) is 44.9 Å². The lowest BCUT2D eigenvalue weighted by molar-refractivity contribution is -0.379. The van der Waals surface area contributed by atoms with Crippen molar-refractivity contribution in [1.82, 2.24) is 5.32 Å². The van der Waals surface area contributed by atoms with Crippen LogP contribution in [0.1, 0.15) is 258 Å². The lowest BCUT2D eigenvalue weighted by Crippen LogP contribution is -2.66. The number of rotatable bonds is 53. The Morgan fingerprint density at radius 3 is 1.15 bits per heavy atom. The first-order valence-corrected chi connectivity index (χ1v) is 34.7. The highest BCUT2D eigenvalue weighted by Gasteiger charge is 2.53. The monoisotopic (exact) mass is 1240 g/mol. The summed E-state index contributed by atoms with van der Waals surface area (Å²) in [6, 6.07) is -0.994. The first-order chi connectivity index (χ1) is 42.3. The number of carbonyl (C=O) groups excluding carboxylic acids is 1. The van der Waals surface area contributed by atoms with E-state index in [0.29, 0.717) is 12.8 Å². The van der Waals surface area contributed by atoms with E-state index in [2.05, 4.69) is 43.5 Å². The van der Waals surface area contributed by atoms with Gasteiger partial charge in [0.2, 0.25) is 5.91 Å². The molecule has 3 rings (SSSR count). The summed E-state index contributed by atoms with van der Waals surface area (Å²) in [5, 5.41) is 120. The van der Waals surface area contributed by atoms with Crippen molar-refractivity contribution >= 4 is 5.91 Å². The van der Waals surface area contributed by atoms with Crippen LogP contribution in [0.15, 0.2) is 36.5 Å². The Labute approximate surface area is 523 Å². The number of aliphatic hydroxyl groups excluding tert-OH is 11. The van der Waals surface area contributed by atoms with Crippen molar-refractivity contribution in [3.63, 3.8) is 0 Å². The van der Waals surface area contributed by atoms with E-state index in [-0.39, 0.29) is 18.9 Å². The molecule has 0 bridgehead atoms. The molecule has 0 aromatic carbocycles. The molecule has 3 aliphatic heterocycles. The normalized spacial score (nSPS) is 28.8. The molecule has 3 heterocycles. The smallest absolute Gasteiger partial charge is 0.220 e. The molecule has 17 unspecified atom stereocenters. The van der Waals surface area contributed by atoms with Gasteiger partial charge in [0.05, 0.1) is 38.6 Å². The summed E-state index contributed by atoms with van der Waals surface area (Å²) < 4.78 is 34.3. The van der Waals surface area contributed by atoms with Crippen LogP contribution in [0.25, 0.3) is 0 Å². The summed E-state index contributed by atoms with van der Waals surface area (Å²) in [7, 11) is 0. The Morgan fingerprint density at radius 1 is 0.402 bits per heavy atom. The SMILES string of the molecule is CCCCCCCCCCCCCCC/C=C/CC/C=C/CC/C=C/C(O)C(COC1OC(CO)C(OC2OC(CO)C(OC3OC(CO)C(O)C(O)C3O)C(O)C2O)C(O)C1O)NC(=O)CCCCCCCCCCCCCCCCCCCCC. The Bertz CT molecular complexity index is 1720. The van der Waals surface area contributed by atoms with Gasteiger partial charge in [0.15, 0.2) is 18.9 Å². The van der Waals surface area contributed by atoms with Crippen LogP contribution in [0.4, 0.5) is 0 Å². The molecule has 17 atom stereocenters. The van der Waals surface area contributed by atoms with Crippen molar-refractivity contribution in [2.75, 3.05) is 26.4 Å². The zero-order chi connectivity index (χ0) is 63.3. The lowest BCUT2D eigenvalue weighted by atomic mass is 9.96. The molecular weight excluding hydrogens is 1120 g/mol. The predicted octanol–water partition coefficient (Wildman–Crippen LogP) is 8.83. The minimum Gasteiger partial charge on any atom is -0.394 e. The fourth-order valence-corrected chi connectivity index (χ4v) is 11.8. The van der Waals surface area contributed by atoms with Crippen molar-refractivity contribution in [3.8, 4) is 0 Å². The molecule has 3 aliphatic rings. The highest BCUT2D eigenvalue weighted by Crippen LogP contribution is 2.33. The number of amides is 1. The van der Waals surface area contributed by atoms with Crippen molar-refractivity contribution in [3.05, 3.63) is 36.5 Å². The van der Waals surface area contributed by atoms with Gasteiger partial charge in [0, 0.05) is 6.42 Å². The average Bonchev–Trinajstić information content (AvgIpc) is 2.37. The molecule has 0 aromatic heterocycles. The van der Waals surface area contributed by atoms with Crippen LogP contribution in [0.3, 0.4) is 0 Å². The van der Waals surface area contributed by atoms with E-state index in [1.54, 1.807) is 6.08 Å². The van der Waals surface area contributed by atoms with Gasteiger partial charge in [-0.15, -0.1) is 0 Å². The van der Waals surface area contributed by atoms with Gasteiger partial charge < -0.3 is 89.9 Å². The number of hydrogen-bond acceptors (Lipinski definition) is 18. The van der Waals surface area contributed by atoms with E-state index in [1.165, 1.54) is 180 Å². The average molecular weight is 1240 g/mol. The Kier molecular flexibility index (Phi) is 46.0. The van der Waals surface area contributed by atoms with Gasteiger partial charge in [0.1, 0.15) is 73.2 Å². The zero-order valence-corrected chi connectivity index (χ0v) is 53.8. The molecule has 19 heteroatoms. The molecule has 0 radical (unpaired) electrons. The van der Waals surface area contributed by atoms with Crippen LogP contribution in [-0.2, 0) is 33.2 Å². The second-order valence-corrected chi connectivity index (χ2v) is 25.0. The molecular formula is C68H125NO18. The van der Waals surface area contributed by atoms with Crippen molar-refractivity contribution in [2.45, 2.75) is 362 Å². The molecule has 0 spiro atoms. The summed E-state index contributed by atoms with van der Waals surface area (Å²) in [6.07, 6.45) is 31.2. The number of aliphatic hydroxyl groups is 11. The third-order valence-corrected chi connectivity index (χ3v) is 17.4. The minimum absolute atomic E-state index is 0.236. The van der Waals surface area contributed by atoms with Crippen molar-refractivity contribution in [1.29, 1.82) is 0 Å². The topological polar surface area (TPSA) is 307 Å². The number of unbranched alkanes of at least 4 members (excludes halogenated alkanes) is 33. The lowest BCUT2D eigenvalue weighted by Gasteiger charge is -2.48. The van der Waals surface area contributed by atoms with E-state index >= 15 is 0 Å². The number of carbonyl (C=O) groups is 1. The van der Waals surface area contributed by atoms with Gasteiger partial charge in [-0.05, 0) is 44.9 Å². The molecule has 12 N–H and O–H groups in total. The molecule has 0 saturated carbocycles. The van der Waals surface area contributed by atoms with E-state index in [4.69, 9.17) is 28.4 Å². The number of ether oxygens (including phenoxy) is 6. The van der Waals surface area contributed by atoms with Crippen LogP contribution >= 0.6 is 0 Å². The summed E-state index contributed by atoms with van der Waals surface area (Å²) >= 11 is 0. The molecule has 87 heavy (non-hydrogen) atoms. The van der Waals surface area contributed by atoms with Crippen LogP contribution in [0.5, 0.6) is 0 Å². The number of allylic oxidation sites excluding steroid dienone is 5. The number of nitrogens with one attached hydrogen (secondary N) is 1. The van der Waals surface area contributed by atoms with Crippen molar-refractivity contribution in [2.24, 2.45) is 0 Å². The first kappa shape index (κ1) is 79.2. The standard InChI is InChI=1S/C68H125NO18/c1-3-5-7-9-11-13-15-17-19-21-23-24-25-26-28-29-31-33-35-37-39-41-43-45-52(73)51(69-56(74)46-44-42-40-38-36-34-32-30-27-22-20-18-16-14-12-10-8-6-4-2)50-82-66-62(80)59(77)64(54(48-71)84-66)87-68-63(81)60(78)65(55(49-72)85-68)86-67-61(79)58(76)57(75)53(47-70)83-67/h28-29,35,37,43,45,51-55,57-68,70-73,75-81H,3-27,30-34,36,38-42,44,46-50H2,1-2H3,(H,69,74)/b29-28+,37-35+,45-43+. The quantitative estimate of drug-likeness (QED) is 0.0200. The summed E-state index contributed by atoms with van der Waals surface area (Å²) in [6.45, 7) is 1.73. The molecule has 0 aliphatic carbocycles. The Balaban J connectivity index is 1.47.